The van der Waals surface area contributed by atoms with Crippen LogP contribution in [0.2, 0.25) is 0 Å². The molecular weight excluding hydrogens is 346 g/mol. The third kappa shape index (κ3) is 6.45. The van der Waals surface area contributed by atoms with Crippen LogP contribution in [0.4, 0.5) is 0 Å². The van der Waals surface area contributed by atoms with Gasteiger partial charge in [-0.1, -0.05) is 39.8 Å². The number of amides is 1. The van der Waals surface area contributed by atoms with E-state index in [0.29, 0.717) is 13.0 Å². The molecule has 0 saturated heterocycles. The fourth-order valence-electron chi connectivity index (χ4n) is 2.45. The number of rotatable bonds is 9. The number of ether oxygens (including phenoxy) is 1. The van der Waals surface area contributed by atoms with Crippen molar-refractivity contribution in [1.82, 2.24) is 5.32 Å². The van der Waals surface area contributed by atoms with Crippen LogP contribution in [0.1, 0.15) is 45.4 Å². The highest BCUT2D eigenvalue weighted by molar-refractivity contribution is 7.98. The van der Waals surface area contributed by atoms with E-state index in [1.54, 1.807) is 18.0 Å². The Balaban J connectivity index is 1.75. The van der Waals surface area contributed by atoms with Crippen molar-refractivity contribution >= 4 is 17.7 Å². The molecule has 0 fully saturated rings. The summed E-state index contributed by atoms with van der Waals surface area (Å²) in [4.78, 5) is 12.3. The lowest BCUT2D eigenvalue weighted by atomic mass is 9.87. The summed E-state index contributed by atoms with van der Waals surface area (Å²) in [6.45, 7) is 9.10. The van der Waals surface area contributed by atoms with Gasteiger partial charge in [-0.15, -0.1) is 0 Å². The summed E-state index contributed by atoms with van der Waals surface area (Å²) in [5.74, 6) is 3.27. The van der Waals surface area contributed by atoms with E-state index in [9.17, 15) is 4.79 Å². The van der Waals surface area contributed by atoms with Gasteiger partial charge in [-0.05, 0) is 41.7 Å². The van der Waals surface area contributed by atoms with E-state index in [2.05, 4.69) is 38.2 Å². The minimum absolute atomic E-state index is 0.0639. The van der Waals surface area contributed by atoms with E-state index in [1.807, 2.05) is 31.2 Å². The zero-order valence-corrected chi connectivity index (χ0v) is 16.9. The van der Waals surface area contributed by atoms with Crippen molar-refractivity contribution in [1.29, 1.82) is 0 Å². The molecule has 1 aromatic carbocycles. The lowest BCUT2D eigenvalue weighted by Crippen LogP contribution is -2.39. The molecule has 0 radical (unpaired) electrons. The minimum Gasteiger partial charge on any atom is -0.481 e. The highest BCUT2D eigenvalue weighted by atomic mass is 32.2. The van der Waals surface area contributed by atoms with Gasteiger partial charge in [0.15, 0.2) is 6.10 Å². The summed E-state index contributed by atoms with van der Waals surface area (Å²) in [7, 11) is 0. The summed E-state index contributed by atoms with van der Waals surface area (Å²) < 4.78 is 11.2. The zero-order chi connectivity index (χ0) is 19.0. The molecule has 4 nitrogen and oxygen atoms in total. The second-order valence-corrected chi connectivity index (χ2v) is 8.32. The molecule has 26 heavy (non-hydrogen) atoms. The number of benzene rings is 1. The lowest BCUT2D eigenvalue weighted by molar-refractivity contribution is -0.127. The quantitative estimate of drug-likeness (QED) is 0.641. The topological polar surface area (TPSA) is 51.5 Å². The molecule has 0 aliphatic heterocycles. The molecule has 5 heteroatoms. The summed E-state index contributed by atoms with van der Waals surface area (Å²) in [5.41, 5.74) is 1.35. The zero-order valence-electron chi connectivity index (χ0n) is 16.1. The maximum Gasteiger partial charge on any atom is 0.261 e. The van der Waals surface area contributed by atoms with E-state index in [0.717, 1.165) is 23.0 Å². The van der Waals surface area contributed by atoms with Gasteiger partial charge in [0.1, 0.15) is 11.5 Å². The van der Waals surface area contributed by atoms with Crippen LogP contribution < -0.4 is 10.1 Å². The van der Waals surface area contributed by atoms with Gasteiger partial charge < -0.3 is 14.5 Å². The molecular formula is C21H29NO3S. The molecule has 1 atom stereocenters. The number of nitrogens with one attached hydrogen (secondary N) is 1. The number of furan rings is 1. The van der Waals surface area contributed by atoms with Crippen LogP contribution in [0.5, 0.6) is 5.75 Å². The van der Waals surface area contributed by atoms with Crippen molar-refractivity contribution in [2.24, 2.45) is 0 Å². The van der Waals surface area contributed by atoms with Gasteiger partial charge in [-0.25, -0.2) is 0 Å². The standard InChI is InChI=1S/C21H29NO3S/c1-5-19(25-17-10-8-16(9-11-17)21(2,3)4)20(23)22-12-14-26-15-18-7-6-13-24-18/h6-11,13,19H,5,12,14-15H2,1-4H3,(H,22,23)/t19-/m0/s1. The van der Waals surface area contributed by atoms with Crippen LogP contribution in [0, 0.1) is 0 Å². The third-order valence-corrected chi connectivity index (χ3v) is 5.01. The van der Waals surface area contributed by atoms with Crippen LogP contribution in [0.25, 0.3) is 0 Å². The van der Waals surface area contributed by atoms with Gasteiger partial charge >= 0.3 is 0 Å². The molecule has 0 aliphatic carbocycles. The van der Waals surface area contributed by atoms with Crippen molar-refractivity contribution in [2.45, 2.75) is 51.4 Å². The first kappa shape index (κ1) is 20.4. The van der Waals surface area contributed by atoms with Crippen LogP contribution in [0.3, 0.4) is 0 Å². The molecule has 0 aliphatic rings. The second kappa shape index (κ2) is 9.72. The van der Waals surface area contributed by atoms with Gasteiger partial charge in [0.05, 0.1) is 12.0 Å². The molecule has 0 unspecified atom stereocenters. The maximum absolute atomic E-state index is 12.3. The van der Waals surface area contributed by atoms with Crippen LogP contribution in [0.15, 0.2) is 47.1 Å². The van der Waals surface area contributed by atoms with E-state index in [-0.39, 0.29) is 11.3 Å². The monoisotopic (exact) mass is 375 g/mol. The molecule has 0 spiro atoms. The van der Waals surface area contributed by atoms with Gasteiger partial charge in [-0.2, -0.15) is 11.8 Å². The van der Waals surface area contributed by atoms with Crippen LogP contribution in [-0.4, -0.2) is 24.3 Å². The largest absolute Gasteiger partial charge is 0.481 e. The van der Waals surface area contributed by atoms with Gasteiger partial charge in [0.2, 0.25) is 0 Å². The van der Waals surface area contributed by atoms with Crippen molar-refractivity contribution in [3.05, 3.63) is 54.0 Å². The van der Waals surface area contributed by atoms with E-state index in [4.69, 9.17) is 9.15 Å². The van der Waals surface area contributed by atoms with Gasteiger partial charge in [0, 0.05) is 12.3 Å². The first-order valence-electron chi connectivity index (χ1n) is 9.05. The van der Waals surface area contributed by atoms with Crippen molar-refractivity contribution in [2.75, 3.05) is 12.3 Å². The highest BCUT2D eigenvalue weighted by Gasteiger charge is 2.19. The summed E-state index contributed by atoms with van der Waals surface area (Å²) in [6, 6.07) is 11.8. The van der Waals surface area contributed by atoms with Gasteiger partial charge in [-0.3, -0.25) is 4.79 Å². The number of carbonyl (C=O) groups excluding carboxylic acids is 1. The highest BCUT2D eigenvalue weighted by Crippen LogP contribution is 2.24. The first-order valence-corrected chi connectivity index (χ1v) is 10.2. The Bertz CT molecular complexity index is 660. The summed E-state index contributed by atoms with van der Waals surface area (Å²) in [6.07, 6.45) is 1.84. The average Bonchev–Trinajstić information content (AvgIpc) is 3.12. The fraction of sp³-hybridized carbons (Fsp3) is 0.476. The molecule has 0 bridgehead atoms. The Morgan fingerprint density at radius 3 is 2.54 bits per heavy atom. The first-order chi connectivity index (χ1) is 12.4. The maximum atomic E-state index is 12.3. The van der Waals surface area contributed by atoms with Gasteiger partial charge in [0.25, 0.3) is 5.91 Å². The number of hydrogen-bond acceptors (Lipinski definition) is 4. The molecule has 2 aromatic rings. The number of hydrogen-bond donors (Lipinski definition) is 1. The molecule has 1 aromatic heterocycles. The third-order valence-electron chi connectivity index (χ3n) is 4.03. The Morgan fingerprint density at radius 2 is 1.96 bits per heavy atom. The molecule has 0 saturated carbocycles. The van der Waals surface area contributed by atoms with Crippen molar-refractivity contribution in [3.8, 4) is 5.75 Å². The Labute approximate surface area is 160 Å². The minimum atomic E-state index is -0.467. The predicted molar refractivity (Wildman–Crippen MR) is 108 cm³/mol. The van der Waals surface area contributed by atoms with Crippen molar-refractivity contribution in [3.63, 3.8) is 0 Å². The SMILES string of the molecule is CC[C@H](Oc1ccc(C(C)(C)C)cc1)C(=O)NCCSCc1ccco1. The Kier molecular flexibility index (Phi) is 7.64. The fourth-order valence-corrected chi connectivity index (χ4v) is 3.20. The van der Waals surface area contributed by atoms with Crippen LogP contribution >= 0.6 is 11.8 Å². The molecule has 142 valence electrons. The second-order valence-electron chi connectivity index (χ2n) is 7.21. The lowest BCUT2D eigenvalue weighted by Gasteiger charge is -2.21. The Hall–Kier alpha value is -1.88. The van der Waals surface area contributed by atoms with Crippen LogP contribution in [-0.2, 0) is 16.0 Å². The Morgan fingerprint density at radius 1 is 1.23 bits per heavy atom. The molecule has 1 heterocycles. The molecule has 2 rings (SSSR count). The summed E-state index contributed by atoms with van der Waals surface area (Å²) in [5, 5.41) is 2.95. The molecule has 1 N–H and O–H groups in total. The smallest absolute Gasteiger partial charge is 0.261 e. The predicted octanol–water partition coefficient (Wildman–Crippen LogP) is 4.78. The average molecular weight is 376 g/mol. The molecule has 1 amide bonds. The number of thioether (sulfide) groups is 1. The van der Waals surface area contributed by atoms with Crippen molar-refractivity contribution < 1.29 is 13.9 Å². The van der Waals surface area contributed by atoms with E-state index < -0.39 is 6.10 Å². The van der Waals surface area contributed by atoms with E-state index >= 15 is 0 Å². The normalized spacial score (nSPS) is 12.6. The number of carbonyl (C=O) groups is 1. The summed E-state index contributed by atoms with van der Waals surface area (Å²) >= 11 is 1.73. The van der Waals surface area contributed by atoms with E-state index in [1.165, 1.54) is 5.56 Å².